The van der Waals surface area contributed by atoms with E-state index in [1.807, 2.05) is 42.6 Å². The quantitative estimate of drug-likeness (QED) is 0.787. The maximum Gasteiger partial charge on any atom is 0.246 e. The van der Waals surface area contributed by atoms with E-state index in [1.54, 1.807) is 32.4 Å². The van der Waals surface area contributed by atoms with Crippen molar-refractivity contribution in [1.29, 1.82) is 0 Å². The average Bonchev–Trinajstić information content (AvgIpc) is 2.46. The van der Waals surface area contributed by atoms with Crippen molar-refractivity contribution in [2.75, 3.05) is 14.1 Å². The van der Waals surface area contributed by atoms with Gasteiger partial charge in [0, 0.05) is 38.1 Å². The number of amides is 1. The minimum Gasteiger partial charge on any atom is -0.345 e. The van der Waals surface area contributed by atoms with Crippen molar-refractivity contribution in [3.63, 3.8) is 0 Å². The van der Waals surface area contributed by atoms with Gasteiger partial charge >= 0.3 is 0 Å². The minimum atomic E-state index is -0.0369. The molecule has 1 aromatic carbocycles. The molecule has 0 saturated carbocycles. The molecule has 0 aliphatic rings. The molecule has 0 saturated heterocycles. The summed E-state index contributed by atoms with van der Waals surface area (Å²) in [5, 5.41) is 0. The van der Waals surface area contributed by atoms with Crippen LogP contribution in [0.4, 0.5) is 0 Å². The zero-order chi connectivity index (χ0) is 13.7. The van der Waals surface area contributed by atoms with Crippen molar-refractivity contribution in [2.24, 2.45) is 0 Å². The summed E-state index contributed by atoms with van der Waals surface area (Å²) in [6.45, 7) is 0. The topological polar surface area (TPSA) is 33.2 Å². The smallest absolute Gasteiger partial charge is 0.246 e. The molecular weight excluding hydrogens is 236 g/mol. The summed E-state index contributed by atoms with van der Waals surface area (Å²) >= 11 is 0. The van der Waals surface area contributed by atoms with Crippen LogP contribution < -0.4 is 0 Å². The maximum atomic E-state index is 11.5. The van der Waals surface area contributed by atoms with Gasteiger partial charge in [0.05, 0.1) is 0 Å². The van der Waals surface area contributed by atoms with Gasteiger partial charge in [0.2, 0.25) is 5.91 Å². The van der Waals surface area contributed by atoms with Gasteiger partial charge in [-0.15, -0.1) is 0 Å². The van der Waals surface area contributed by atoms with Crippen LogP contribution in [0, 0.1) is 0 Å². The average molecular weight is 252 g/mol. The van der Waals surface area contributed by atoms with E-state index in [1.165, 1.54) is 4.90 Å². The molecule has 2 rings (SSSR count). The van der Waals surface area contributed by atoms with E-state index in [-0.39, 0.29) is 5.91 Å². The van der Waals surface area contributed by atoms with Gasteiger partial charge in [-0.05, 0) is 23.3 Å². The van der Waals surface area contributed by atoms with Crippen LogP contribution in [0.5, 0.6) is 0 Å². The van der Waals surface area contributed by atoms with Gasteiger partial charge in [-0.1, -0.05) is 30.3 Å². The molecule has 3 heteroatoms. The van der Waals surface area contributed by atoms with E-state index < -0.39 is 0 Å². The highest BCUT2D eigenvalue weighted by Crippen LogP contribution is 2.19. The summed E-state index contributed by atoms with van der Waals surface area (Å²) in [4.78, 5) is 17.2. The van der Waals surface area contributed by atoms with Gasteiger partial charge in [0.25, 0.3) is 0 Å². The number of carbonyl (C=O) groups excluding carboxylic acids is 1. The highest BCUT2D eigenvalue weighted by molar-refractivity contribution is 5.91. The standard InChI is InChI=1S/C16H16N2O/c1-18(2)16(19)9-8-13-10-15(12-17-11-13)14-6-4-3-5-7-14/h3-12H,1-2H3. The summed E-state index contributed by atoms with van der Waals surface area (Å²) in [6, 6.07) is 12.1. The Bertz CT molecular complexity index is 589. The molecule has 1 amide bonds. The third kappa shape index (κ3) is 3.52. The second-order valence-corrected chi connectivity index (χ2v) is 4.44. The van der Waals surface area contributed by atoms with E-state index in [2.05, 4.69) is 4.98 Å². The number of likely N-dealkylation sites (N-methyl/N-ethyl adjacent to an activating group) is 1. The Morgan fingerprint density at radius 1 is 1.11 bits per heavy atom. The Kier molecular flexibility index (Phi) is 4.08. The first kappa shape index (κ1) is 13.0. The highest BCUT2D eigenvalue weighted by Gasteiger charge is 2.00. The number of carbonyl (C=O) groups is 1. The van der Waals surface area contributed by atoms with Crippen LogP contribution in [-0.4, -0.2) is 29.9 Å². The van der Waals surface area contributed by atoms with Crippen LogP contribution in [0.1, 0.15) is 5.56 Å². The van der Waals surface area contributed by atoms with E-state index in [0.717, 1.165) is 16.7 Å². The molecule has 0 unspecified atom stereocenters. The van der Waals surface area contributed by atoms with E-state index in [9.17, 15) is 4.79 Å². The van der Waals surface area contributed by atoms with E-state index in [0.29, 0.717) is 0 Å². The first-order chi connectivity index (χ1) is 9.16. The number of pyridine rings is 1. The molecule has 96 valence electrons. The zero-order valence-corrected chi connectivity index (χ0v) is 11.1. The van der Waals surface area contributed by atoms with Crippen LogP contribution in [0.2, 0.25) is 0 Å². The van der Waals surface area contributed by atoms with Crippen molar-refractivity contribution >= 4 is 12.0 Å². The van der Waals surface area contributed by atoms with Gasteiger partial charge in [-0.2, -0.15) is 0 Å². The van der Waals surface area contributed by atoms with Gasteiger partial charge in [0.1, 0.15) is 0 Å². The first-order valence-corrected chi connectivity index (χ1v) is 6.06. The van der Waals surface area contributed by atoms with Crippen LogP contribution in [0.3, 0.4) is 0 Å². The molecule has 0 aliphatic heterocycles. The lowest BCUT2D eigenvalue weighted by Crippen LogP contribution is -2.18. The molecule has 1 aromatic heterocycles. The molecule has 0 radical (unpaired) electrons. The highest BCUT2D eigenvalue weighted by atomic mass is 16.2. The predicted molar refractivity (Wildman–Crippen MR) is 77.4 cm³/mol. The number of benzene rings is 1. The Morgan fingerprint density at radius 3 is 2.53 bits per heavy atom. The predicted octanol–water partition coefficient (Wildman–Crippen LogP) is 2.85. The van der Waals surface area contributed by atoms with Gasteiger partial charge in [-0.25, -0.2) is 0 Å². The first-order valence-electron chi connectivity index (χ1n) is 6.06. The number of hydrogen-bond donors (Lipinski definition) is 0. The molecule has 0 aliphatic carbocycles. The van der Waals surface area contributed by atoms with Crippen LogP contribution in [0.25, 0.3) is 17.2 Å². The SMILES string of the molecule is CN(C)C(=O)C=Cc1cncc(-c2ccccc2)c1. The van der Waals surface area contributed by atoms with Gasteiger partial charge in [0.15, 0.2) is 0 Å². The molecule has 3 nitrogen and oxygen atoms in total. The molecule has 0 bridgehead atoms. The molecule has 19 heavy (non-hydrogen) atoms. The summed E-state index contributed by atoms with van der Waals surface area (Å²) in [6.07, 6.45) is 6.89. The Hall–Kier alpha value is -2.42. The minimum absolute atomic E-state index is 0.0369. The van der Waals surface area contributed by atoms with Crippen LogP contribution in [0.15, 0.2) is 54.9 Å². The number of nitrogens with zero attached hydrogens (tertiary/aromatic N) is 2. The summed E-state index contributed by atoms with van der Waals surface area (Å²) in [5.41, 5.74) is 3.07. The fourth-order valence-corrected chi connectivity index (χ4v) is 1.65. The fraction of sp³-hybridized carbons (Fsp3) is 0.125. The Morgan fingerprint density at radius 2 is 1.84 bits per heavy atom. The molecule has 0 N–H and O–H groups in total. The van der Waals surface area contributed by atoms with Crippen molar-refractivity contribution in [2.45, 2.75) is 0 Å². The zero-order valence-electron chi connectivity index (χ0n) is 11.1. The van der Waals surface area contributed by atoms with Crippen molar-refractivity contribution in [1.82, 2.24) is 9.88 Å². The number of rotatable bonds is 3. The van der Waals surface area contributed by atoms with Crippen molar-refractivity contribution in [3.05, 3.63) is 60.4 Å². The normalized spacial score (nSPS) is 10.6. The molecular formula is C16H16N2O. The second kappa shape index (κ2) is 5.96. The van der Waals surface area contributed by atoms with Crippen LogP contribution >= 0.6 is 0 Å². The maximum absolute atomic E-state index is 11.5. The monoisotopic (exact) mass is 252 g/mol. The molecule has 2 aromatic rings. The van der Waals surface area contributed by atoms with Gasteiger partial charge < -0.3 is 4.90 Å². The Balaban J connectivity index is 2.23. The Labute approximate surface area is 113 Å². The number of hydrogen-bond acceptors (Lipinski definition) is 2. The van der Waals surface area contributed by atoms with Crippen molar-refractivity contribution in [3.8, 4) is 11.1 Å². The summed E-state index contributed by atoms with van der Waals surface area (Å²) in [5.74, 6) is -0.0369. The third-order valence-electron chi connectivity index (χ3n) is 2.73. The third-order valence-corrected chi connectivity index (χ3v) is 2.73. The lowest BCUT2D eigenvalue weighted by Gasteiger charge is -2.05. The van der Waals surface area contributed by atoms with Crippen LogP contribution in [-0.2, 0) is 4.79 Å². The molecule has 0 spiro atoms. The fourth-order valence-electron chi connectivity index (χ4n) is 1.65. The van der Waals surface area contributed by atoms with Crippen molar-refractivity contribution < 1.29 is 4.79 Å². The van der Waals surface area contributed by atoms with Gasteiger partial charge in [-0.3, -0.25) is 9.78 Å². The second-order valence-electron chi connectivity index (χ2n) is 4.44. The molecule has 1 heterocycles. The summed E-state index contributed by atoms with van der Waals surface area (Å²) < 4.78 is 0. The molecule has 0 fully saturated rings. The lowest BCUT2D eigenvalue weighted by atomic mass is 10.1. The lowest BCUT2D eigenvalue weighted by molar-refractivity contribution is -0.123. The largest absolute Gasteiger partial charge is 0.345 e. The van der Waals surface area contributed by atoms with E-state index >= 15 is 0 Å². The molecule has 0 atom stereocenters. The van der Waals surface area contributed by atoms with E-state index in [4.69, 9.17) is 0 Å². The number of aromatic nitrogens is 1. The summed E-state index contributed by atoms with van der Waals surface area (Å²) in [7, 11) is 3.45.